The Balaban J connectivity index is 1.87. The van der Waals surface area contributed by atoms with Gasteiger partial charge in [-0.15, -0.1) is 6.58 Å². The van der Waals surface area contributed by atoms with Crippen LogP contribution in [0, 0.1) is 0 Å². The molecule has 0 aliphatic heterocycles. The summed E-state index contributed by atoms with van der Waals surface area (Å²) in [7, 11) is 0. The van der Waals surface area contributed by atoms with Gasteiger partial charge in [-0.05, 0) is 31.2 Å². The first kappa shape index (κ1) is 14.3. The lowest BCUT2D eigenvalue weighted by molar-refractivity contribution is 0.160. The van der Waals surface area contributed by atoms with Gasteiger partial charge in [-0.3, -0.25) is 4.90 Å². The minimum atomic E-state index is 0.817. The van der Waals surface area contributed by atoms with Gasteiger partial charge in [0.1, 0.15) is 0 Å². The standard InChI is InChI=1S/C18H27N/c1-2-3-15-19(18-12-8-5-9-13-18)16-14-17-10-6-4-7-11-17/h2,4,6-7,10-11,18H,1,3,5,8-9,12-16H2. The molecule has 0 spiro atoms. The van der Waals surface area contributed by atoms with E-state index in [0.717, 1.165) is 12.5 Å². The zero-order valence-electron chi connectivity index (χ0n) is 12.1. The molecule has 1 aromatic carbocycles. The summed E-state index contributed by atoms with van der Waals surface area (Å²) in [4.78, 5) is 2.70. The highest BCUT2D eigenvalue weighted by molar-refractivity contribution is 5.14. The molecule has 0 aromatic heterocycles. The predicted molar refractivity (Wildman–Crippen MR) is 83.4 cm³/mol. The first-order chi connectivity index (χ1) is 9.40. The first-order valence-corrected chi connectivity index (χ1v) is 7.79. The van der Waals surface area contributed by atoms with Crippen LogP contribution in [0.2, 0.25) is 0 Å². The third-order valence-corrected chi connectivity index (χ3v) is 4.24. The van der Waals surface area contributed by atoms with E-state index in [2.05, 4.69) is 47.9 Å². The van der Waals surface area contributed by atoms with Crippen LogP contribution in [0.15, 0.2) is 43.0 Å². The van der Waals surface area contributed by atoms with Crippen molar-refractivity contribution in [3.63, 3.8) is 0 Å². The average Bonchev–Trinajstić information content (AvgIpc) is 2.49. The Hall–Kier alpha value is -1.08. The van der Waals surface area contributed by atoms with Crippen LogP contribution in [0.3, 0.4) is 0 Å². The molecule has 0 unspecified atom stereocenters. The third kappa shape index (κ3) is 4.83. The van der Waals surface area contributed by atoms with Crippen LogP contribution in [0.5, 0.6) is 0 Å². The zero-order valence-corrected chi connectivity index (χ0v) is 12.1. The highest BCUT2D eigenvalue weighted by Gasteiger charge is 2.20. The van der Waals surface area contributed by atoms with E-state index >= 15 is 0 Å². The van der Waals surface area contributed by atoms with Crippen molar-refractivity contribution in [2.24, 2.45) is 0 Å². The van der Waals surface area contributed by atoms with Gasteiger partial charge in [-0.2, -0.15) is 0 Å². The topological polar surface area (TPSA) is 3.24 Å². The second kappa shape index (κ2) is 8.16. The Kier molecular flexibility index (Phi) is 6.16. The molecule has 0 amide bonds. The Morgan fingerprint density at radius 2 is 1.79 bits per heavy atom. The number of hydrogen-bond donors (Lipinski definition) is 0. The van der Waals surface area contributed by atoms with Crippen molar-refractivity contribution in [3.05, 3.63) is 48.6 Å². The molecular weight excluding hydrogens is 230 g/mol. The number of benzene rings is 1. The maximum atomic E-state index is 3.87. The summed E-state index contributed by atoms with van der Waals surface area (Å²) >= 11 is 0. The smallest absolute Gasteiger partial charge is 0.00955 e. The lowest BCUT2D eigenvalue weighted by Crippen LogP contribution is -2.38. The van der Waals surface area contributed by atoms with Crippen molar-refractivity contribution in [1.29, 1.82) is 0 Å². The molecule has 1 nitrogen and oxygen atoms in total. The lowest BCUT2D eigenvalue weighted by Gasteiger charge is -2.34. The van der Waals surface area contributed by atoms with Crippen molar-refractivity contribution in [2.75, 3.05) is 13.1 Å². The number of rotatable bonds is 7. The summed E-state index contributed by atoms with van der Waals surface area (Å²) in [6, 6.07) is 11.7. The lowest BCUT2D eigenvalue weighted by atomic mass is 9.93. The van der Waals surface area contributed by atoms with Crippen LogP contribution in [-0.2, 0) is 6.42 Å². The van der Waals surface area contributed by atoms with Gasteiger partial charge in [-0.25, -0.2) is 0 Å². The molecule has 0 heterocycles. The average molecular weight is 257 g/mol. The Morgan fingerprint density at radius 1 is 1.05 bits per heavy atom. The van der Waals surface area contributed by atoms with E-state index in [9.17, 15) is 0 Å². The van der Waals surface area contributed by atoms with E-state index in [1.165, 1.54) is 57.2 Å². The molecule has 0 N–H and O–H groups in total. The molecule has 1 heteroatoms. The van der Waals surface area contributed by atoms with Crippen molar-refractivity contribution < 1.29 is 0 Å². The molecule has 1 aliphatic carbocycles. The second-order valence-electron chi connectivity index (χ2n) is 5.64. The maximum absolute atomic E-state index is 3.87. The minimum absolute atomic E-state index is 0.817. The fourth-order valence-corrected chi connectivity index (χ4v) is 3.10. The molecule has 1 aliphatic rings. The van der Waals surface area contributed by atoms with Crippen LogP contribution >= 0.6 is 0 Å². The predicted octanol–water partition coefficient (Wildman–Crippen LogP) is 4.44. The van der Waals surface area contributed by atoms with Crippen LogP contribution in [-0.4, -0.2) is 24.0 Å². The van der Waals surface area contributed by atoms with Crippen LogP contribution in [0.25, 0.3) is 0 Å². The maximum Gasteiger partial charge on any atom is 0.00955 e. The molecule has 2 rings (SSSR count). The number of nitrogens with zero attached hydrogens (tertiary/aromatic N) is 1. The van der Waals surface area contributed by atoms with Crippen molar-refractivity contribution in [3.8, 4) is 0 Å². The largest absolute Gasteiger partial charge is 0.300 e. The molecule has 0 saturated heterocycles. The molecular formula is C18H27N. The minimum Gasteiger partial charge on any atom is -0.300 e. The number of hydrogen-bond acceptors (Lipinski definition) is 1. The Labute approximate surface area is 118 Å². The van der Waals surface area contributed by atoms with Gasteiger partial charge in [0.05, 0.1) is 0 Å². The summed E-state index contributed by atoms with van der Waals surface area (Å²) in [6.07, 6.45) is 11.4. The summed E-state index contributed by atoms with van der Waals surface area (Å²) in [5.74, 6) is 0. The summed E-state index contributed by atoms with van der Waals surface area (Å²) in [5, 5.41) is 0. The van der Waals surface area contributed by atoms with E-state index in [0.29, 0.717) is 0 Å². The van der Waals surface area contributed by atoms with Crippen molar-refractivity contribution in [2.45, 2.75) is 51.0 Å². The highest BCUT2D eigenvalue weighted by atomic mass is 15.1. The van der Waals surface area contributed by atoms with Gasteiger partial charge >= 0.3 is 0 Å². The Morgan fingerprint density at radius 3 is 2.47 bits per heavy atom. The molecule has 1 aromatic rings. The first-order valence-electron chi connectivity index (χ1n) is 7.79. The zero-order chi connectivity index (χ0) is 13.3. The van der Waals surface area contributed by atoms with Gasteiger partial charge in [0.15, 0.2) is 0 Å². The van der Waals surface area contributed by atoms with Gasteiger partial charge < -0.3 is 0 Å². The van der Waals surface area contributed by atoms with E-state index in [1.807, 2.05) is 0 Å². The summed E-state index contributed by atoms with van der Waals surface area (Å²) < 4.78 is 0. The van der Waals surface area contributed by atoms with E-state index in [4.69, 9.17) is 0 Å². The van der Waals surface area contributed by atoms with Crippen molar-refractivity contribution >= 4 is 0 Å². The molecule has 0 radical (unpaired) electrons. The van der Waals surface area contributed by atoms with Crippen molar-refractivity contribution in [1.82, 2.24) is 4.90 Å². The summed E-state index contributed by atoms with van der Waals surface area (Å²) in [6.45, 7) is 6.25. The van der Waals surface area contributed by atoms with Crippen LogP contribution in [0.4, 0.5) is 0 Å². The highest BCUT2D eigenvalue weighted by Crippen LogP contribution is 2.23. The van der Waals surface area contributed by atoms with E-state index in [-0.39, 0.29) is 0 Å². The monoisotopic (exact) mass is 257 g/mol. The van der Waals surface area contributed by atoms with Gasteiger partial charge in [0, 0.05) is 19.1 Å². The van der Waals surface area contributed by atoms with Gasteiger partial charge in [0.2, 0.25) is 0 Å². The molecule has 1 saturated carbocycles. The normalized spacial score (nSPS) is 16.7. The molecule has 19 heavy (non-hydrogen) atoms. The fraction of sp³-hybridized carbons (Fsp3) is 0.556. The van der Waals surface area contributed by atoms with Crippen LogP contribution < -0.4 is 0 Å². The SMILES string of the molecule is C=CCCN(CCc1ccccc1)C1CCCCC1. The van der Waals surface area contributed by atoms with Crippen LogP contribution in [0.1, 0.15) is 44.1 Å². The molecule has 1 fully saturated rings. The quantitative estimate of drug-likeness (QED) is 0.653. The third-order valence-electron chi connectivity index (χ3n) is 4.24. The summed E-state index contributed by atoms with van der Waals surface area (Å²) in [5.41, 5.74) is 1.46. The fourth-order valence-electron chi connectivity index (χ4n) is 3.10. The van der Waals surface area contributed by atoms with Gasteiger partial charge in [0.25, 0.3) is 0 Å². The molecule has 0 atom stereocenters. The molecule has 0 bridgehead atoms. The van der Waals surface area contributed by atoms with Gasteiger partial charge in [-0.1, -0.05) is 55.7 Å². The van der Waals surface area contributed by atoms with E-state index in [1.54, 1.807) is 0 Å². The molecule has 104 valence electrons. The van der Waals surface area contributed by atoms with E-state index < -0.39 is 0 Å². The second-order valence-corrected chi connectivity index (χ2v) is 5.64. The Bertz CT molecular complexity index is 351.